The fourth-order valence-corrected chi connectivity index (χ4v) is 3.21. The molecular formula is C13H19NO2S. The van der Waals surface area contributed by atoms with Gasteiger partial charge in [0.1, 0.15) is 0 Å². The maximum atomic E-state index is 11.5. The second-order valence-electron chi connectivity index (χ2n) is 4.64. The topological polar surface area (TPSA) is 29.5 Å². The molecule has 1 aliphatic heterocycles. The van der Waals surface area contributed by atoms with E-state index in [2.05, 4.69) is 23.3 Å². The molecule has 1 aromatic rings. The van der Waals surface area contributed by atoms with Gasteiger partial charge in [-0.3, -0.25) is 9.69 Å². The zero-order chi connectivity index (χ0) is 12.4. The first kappa shape index (κ1) is 12.6. The number of nitrogens with zero attached hydrogens (tertiary/aromatic N) is 1. The van der Waals surface area contributed by atoms with Gasteiger partial charge in [0.05, 0.1) is 13.0 Å². The molecule has 0 saturated heterocycles. The minimum Gasteiger partial charge on any atom is -0.469 e. The predicted molar refractivity (Wildman–Crippen MR) is 69.1 cm³/mol. The Kier molecular flexibility index (Phi) is 3.84. The zero-order valence-corrected chi connectivity index (χ0v) is 11.4. The van der Waals surface area contributed by atoms with Crippen LogP contribution in [0.5, 0.6) is 0 Å². The number of esters is 1. The summed E-state index contributed by atoms with van der Waals surface area (Å²) >= 11 is 1.84. The van der Waals surface area contributed by atoms with Crippen LogP contribution >= 0.6 is 11.3 Å². The molecule has 0 saturated carbocycles. The average molecular weight is 253 g/mol. The molecule has 3 nitrogen and oxygen atoms in total. The van der Waals surface area contributed by atoms with Crippen molar-refractivity contribution in [3.8, 4) is 0 Å². The second-order valence-corrected chi connectivity index (χ2v) is 5.64. The minimum absolute atomic E-state index is 0.0693. The molecule has 2 rings (SSSR count). The molecule has 2 heterocycles. The normalized spacial score (nSPS) is 19.5. The van der Waals surface area contributed by atoms with Crippen molar-refractivity contribution < 1.29 is 9.53 Å². The SMILES string of the molecule is COC(=O)C(C)C(C)N1CCc2sccc2C1. The van der Waals surface area contributed by atoms with Crippen molar-refractivity contribution >= 4 is 17.3 Å². The summed E-state index contributed by atoms with van der Waals surface area (Å²) in [5.41, 5.74) is 1.42. The number of hydrogen-bond donors (Lipinski definition) is 0. The summed E-state index contributed by atoms with van der Waals surface area (Å²) in [6.45, 7) is 6.05. The fourth-order valence-electron chi connectivity index (χ4n) is 2.32. The lowest BCUT2D eigenvalue weighted by Crippen LogP contribution is -2.43. The highest BCUT2D eigenvalue weighted by Gasteiger charge is 2.28. The Morgan fingerprint density at radius 2 is 2.29 bits per heavy atom. The molecule has 17 heavy (non-hydrogen) atoms. The minimum atomic E-state index is -0.117. The van der Waals surface area contributed by atoms with Crippen LogP contribution in [0.3, 0.4) is 0 Å². The average Bonchev–Trinajstić information content (AvgIpc) is 2.83. The Bertz CT molecular complexity index is 402. The van der Waals surface area contributed by atoms with Crippen LogP contribution in [0.4, 0.5) is 0 Å². The van der Waals surface area contributed by atoms with Gasteiger partial charge in [-0.2, -0.15) is 0 Å². The smallest absolute Gasteiger partial charge is 0.309 e. The third-order valence-corrected chi connectivity index (χ3v) is 4.73. The number of carbonyl (C=O) groups excluding carboxylic acids is 1. The maximum absolute atomic E-state index is 11.5. The van der Waals surface area contributed by atoms with E-state index >= 15 is 0 Å². The Hall–Kier alpha value is -0.870. The van der Waals surface area contributed by atoms with Gasteiger partial charge >= 0.3 is 5.97 Å². The van der Waals surface area contributed by atoms with E-state index in [0.717, 1.165) is 19.5 Å². The Morgan fingerprint density at radius 1 is 1.53 bits per heavy atom. The van der Waals surface area contributed by atoms with E-state index in [0.29, 0.717) is 0 Å². The van der Waals surface area contributed by atoms with Crippen LogP contribution in [0.15, 0.2) is 11.4 Å². The molecule has 1 aromatic heterocycles. The number of thiophene rings is 1. The number of ether oxygens (including phenoxy) is 1. The number of rotatable bonds is 3. The molecule has 0 fully saturated rings. The highest BCUT2D eigenvalue weighted by Crippen LogP contribution is 2.26. The summed E-state index contributed by atoms with van der Waals surface area (Å²) in [6.07, 6.45) is 1.10. The molecule has 1 aliphatic rings. The van der Waals surface area contributed by atoms with Gasteiger partial charge in [-0.1, -0.05) is 6.92 Å². The highest BCUT2D eigenvalue weighted by molar-refractivity contribution is 7.10. The van der Waals surface area contributed by atoms with Crippen LogP contribution in [-0.4, -0.2) is 30.6 Å². The van der Waals surface area contributed by atoms with Crippen LogP contribution in [0.1, 0.15) is 24.3 Å². The third-order valence-electron chi connectivity index (χ3n) is 3.71. The van der Waals surface area contributed by atoms with Crippen LogP contribution in [0, 0.1) is 5.92 Å². The molecule has 0 bridgehead atoms. The number of carbonyl (C=O) groups is 1. The largest absolute Gasteiger partial charge is 0.469 e. The predicted octanol–water partition coefficient (Wildman–Crippen LogP) is 2.30. The van der Waals surface area contributed by atoms with Crippen LogP contribution < -0.4 is 0 Å². The maximum Gasteiger partial charge on any atom is 0.309 e. The summed E-state index contributed by atoms with van der Waals surface area (Å²) in [6, 6.07) is 2.43. The lowest BCUT2D eigenvalue weighted by atomic mass is 9.99. The Labute approximate surface area is 106 Å². The summed E-state index contributed by atoms with van der Waals surface area (Å²) in [5.74, 6) is -0.186. The van der Waals surface area contributed by atoms with E-state index in [1.165, 1.54) is 17.6 Å². The standard InChI is InChI=1S/C13H19NO2S/c1-9(13(15)16-3)10(2)14-6-4-12-11(8-14)5-7-17-12/h5,7,9-10H,4,6,8H2,1-3H3. The van der Waals surface area contributed by atoms with Gasteiger partial charge in [-0.15, -0.1) is 11.3 Å². The number of hydrogen-bond acceptors (Lipinski definition) is 4. The van der Waals surface area contributed by atoms with Gasteiger partial charge < -0.3 is 4.74 Å². The lowest BCUT2D eigenvalue weighted by molar-refractivity contribution is -0.147. The number of fused-ring (bicyclic) bond motifs is 1. The summed E-state index contributed by atoms with van der Waals surface area (Å²) in [7, 11) is 1.46. The molecule has 0 amide bonds. The van der Waals surface area contributed by atoms with Crippen molar-refractivity contribution in [2.24, 2.45) is 5.92 Å². The van der Waals surface area contributed by atoms with Gasteiger partial charge in [0.25, 0.3) is 0 Å². The molecule has 2 atom stereocenters. The monoisotopic (exact) mass is 253 g/mol. The second kappa shape index (κ2) is 5.19. The summed E-state index contributed by atoms with van der Waals surface area (Å²) in [4.78, 5) is 15.4. The van der Waals surface area contributed by atoms with Crippen molar-refractivity contribution in [3.05, 3.63) is 21.9 Å². The third kappa shape index (κ3) is 2.53. The Morgan fingerprint density at radius 3 is 3.00 bits per heavy atom. The van der Waals surface area contributed by atoms with Crippen molar-refractivity contribution in [1.82, 2.24) is 4.90 Å². The number of methoxy groups -OCH3 is 1. The van der Waals surface area contributed by atoms with E-state index in [1.807, 2.05) is 18.3 Å². The van der Waals surface area contributed by atoms with E-state index in [-0.39, 0.29) is 17.9 Å². The molecule has 0 aromatic carbocycles. The van der Waals surface area contributed by atoms with E-state index in [4.69, 9.17) is 4.74 Å². The highest BCUT2D eigenvalue weighted by atomic mass is 32.1. The fraction of sp³-hybridized carbons (Fsp3) is 0.615. The Balaban J connectivity index is 2.03. The summed E-state index contributed by atoms with van der Waals surface area (Å²) in [5, 5.41) is 2.16. The van der Waals surface area contributed by atoms with Crippen molar-refractivity contribution in [2.75, 3.05) is 13.7 Å². The van der Waals surface area contributed by atoms with E-state index < -0.39 is 0 Å². The summed E-state index contributed by atoms with van der Waals surface area (Å²) < 4.78 is 4.81. The molecule has 2 unspecified atom stereocenters. The molecule has 94 valence electrons. The molecular weight excluding hydrogens is 234 g/mol. The van der Waals surface area contributed by atoms with Gasteiger partial charge in [0.2, 0.25) is 0 Å². The van der Waals surface area contributed by atoms with Gasteiger partial charge in [0.15, 0.2) is 0 Å². The van der Waals surface area contributed by atoms with E-state index in [9.17, 15) is 4.79 Å². The van der Waals surface area contributed by atoms with Crippen LogP contribution in [0.25, 0.3) is 0 Å². The first-order valence-electron chi connectivity index (χ1n) is 6.00. The molecule has 0 spiro atoms. The molecule has 0 N–H and O–H groups in total. The van der Waals surface area contributed by atoms with Crippen molar-refractivity contribution in [2.45, 2.75) is 32.9 Å². The van der Waals surface area contributed by atoms with Gasteiger partial charge in [-0.25, -0.2) is 0 Å². The molecule has 0 radical (unpaired) electrons. The first-order chi connectivity index (χ1) is 8.13. The zero-order valence-electron chi connectivity index (χ0n) is 10.6. The van der Waals surface area contributed by atoms with Gasteiger partial charge in [-0.05, 0) is 30.4 Å². The van der Waals surface area contributed by atoms with Gasteiger partial charge in [0, 0.05) is 24.0 Å². The van der Waals surface area contributed by atoms with Crippen LogP contribution in [-0.2, 0) is 22.5 Å². The first-order valence-corrected chi connectivity index (χ1v) is 6.88. The van der Waals surface area contributed by atoms with Crippen molar-refractivity contribution in [3.63, 3.8) is 0 Å². The molecule has 0 aliphatic carbocycles. The lowest BCUT2D eigenvalue weighted by Gasteiger charge is -2.34. The quantitative estimate of drug-likeness (QED) is 0.774. The molecule has 4 heteroatoms. The van der Waals surface area contributed by atoms with Crippen LogP contribution in [0.2, 0.25) is 0 Å². The van der Waals surface area contributed by atoms with E-state index in [1.54, 1.807) is 0 Å². The van der Waals surface area contributed by atoms with Crippen molar-refractivity contribution in [1.29, 1.82) is 0 Å².